The second-order valence-electron chi connectivity index (χ2n) is 5.68. The van der Waals surface area contributed by atoms with E-state index < -0.39 is 16.0 Å². The monoisotopic (exact) mass is 290 g/mol. The van der Waals surface area contributed by atoms with Crippen molar-refractivity contribution in [1.29, 1.82) is 0 Å². The normalized spacial score (nSPS) is 26.0. The lowest BCUT2D eigenvalue weighted by molar-refractivity contribution is -0.137. The van der Waals surface area contributed by atoms with Crippen LogP contribution >= 0.6 is 0 Å². The molecule has 0 radical (unpaired) electrons. The summed E-state index contributed by atoms with van der Waals surface area (Å²) in [5.41, 5.74) is 0.159. The summed E-state index contributed by atoms with van der Waals surface area (Å²) in [5, 5.41) is 12.0. The summed E-state index contributed by atoms with van der Waals surface area (Å²) in [6.45, 7) is 0.850. The van der Waals surface area contributed by atoms with Gasteiger partial charge in [0.25, 0.3) is 0 Å². The highest BCUT2D eigenvalue weighted by Gasteiger charge is 2.41. The van der Waals surface area contributed by atoms with Crippen LogP contribution in [0.25, 0.3) is 0 Å². The van der Waals surface area contributed by atoms with Gasteiger partial charge in [-0.3, -0.25) is 4.79 Å². The van der Waals surface area contributed by atoms with Gasteiger partial charge in [-0.05, 0) is 45.1 Å². The molecule has 3 N–H and O–H groups in total. The van der Waals surface area contributed by atoms with Crippen molar-refractivity contribution in [2.75, 3.05) is 12.3 Å². The average molecular weight is 290 g/mol. The van der Waals surface area contributed by atoms with Crippen LogP contribution in [0, 0.1) is 0 Å². The van der Waals surface area contributed by atoms with Gasteiger partial charge in [-0.2, -0.15) is 0 Å². The molecule has 2 aliphatic rings. The highest BCUT2D eigenvalue weighted by molar-refractivity contribution is 7.89. The fraction of sp³-hybridized carbons (Fsp3) is 0.917. The van der Waals surface area contributed by atoms with E-state index in [9.17, 15) is 13.2 Å². The number of hydrogen-bond donors (Lipinski definition) is 3. The van der Waals surface area contributed by atoms with Gasteiger partial charge in [0.1, 0.15) is 0 Å². The van der Waals surface area contributed by atoms with E-state index in [-0.39, 0.29) is 30.2 Å². The SMILES string of the molecule is O=C(O)CCCS(=O)(=O)NC1CCNC2(CCC2)C1. The minimum absolute atomic E-state index is 0.00335. The summed E-state index contributed by atoms with van der Waals surface area (Å²) < 4.78 is 26.5. The van der Waals surface area contributed by atoms with Crippen LogP contribution in [0.5, 0.6) is 0 Å². The van der Waals surface area contributed by atoms with Crippen LogP contribution < -0.4 is 10.0 Å². The molecule has 1 unspecified atom stereocenters. The molecule has 6 nitrogen and oxygen atoms in total. The van der Waals surface area contributed by atoms with E-state index in [0.29, 0.717) is 0 Å². The first-order valence-corrected chi connectivity index (χ1v) is 8.53. The summed E-state index contributed by atoms with van der Waals surface area (Å²) >= 11 is 0. The highest BCUT2D eigenvalue weighted by atomic mass is 32.2. The molecule has 0 aromatic rings. The summed E-state index contributed by atoms with van der Waals surface area (Å²) in [6.07, 6.45) is 5.20. The number of carboxylic acids is 1. The van der Waals surface area contributed by atoms with Crippen molar-refractivity contribution in [1.82, 2.24) is 10.0 Å². The molecule has 1 atom stereocenters. The minimum Gasteiger partial charge on any atom is -0.481 e. The lowest BCUT2D eigenvalue weighted by atomic mass is 9.70. The predicted molar refractivity (Wildman–Crippen MR) is 71.4 cm³/mol. The van der Waals surface area contributed by atoms with Gasteiger partial charge in [-0.1, -0.05) is 0 Å². The van der Waals surface area contributed by atoms with Gasteiger partial charge in [0.2, 0.25) is 10.0 Å². The molecular weight excluding hydrogens is 268 g/mol. The van der Waals surface area contributed by atoms with Crippen molar-refractivity contribution in [2.24, 2.45) is 0 Å². The average Bonchev–Trinajstić information content (AvgIpc) is 2.25. The Labute approximate surface area is 114 Å². The Morgan fingerprint density at radius 3 is 2.74 bits per heavy atom. The number of rotatable bonds is 6. The number of carboxylic acid groups (broad SMARTS) is 1. The molecule has 1 heterocycles. The smallest absolute Gasteiger partial charge is 0.303 e. The van der Waals surface area contributed by atoms with Gasteiger partial charge in [0, 0.05) is 18.0 Å². The molecule has 0 aromatic carbocycles. The van der Waals surface area contributed by atoms with Crippen molar-refractivity contribution in [2.45, 2.75) is 56.5 Å². The van der Waals surface area contributed by atoms with Crippen LogP contribution in [-0.2, 0) is 14.8 Å². The van der Waals surface area contributed by atoms with Crippen LogP contribution in [0.2, 0.25) is 0 Å². The Morgan fingerprint density at radius 2 is 2.16 bits per heavy atom. The first-order chi connectivity index (χ1) is 8.91. The predicted octanol–water partition coefficient (Wildman–Crippen LogP) is 0.445. The van der Waals surface area contributed by atoms with Crippen molar-refractivity contribution >= 4 is 16.0 Å². The molecule has 1 saturated heterocycles. The Kier molecular flexibility index (Phi) is 4.47. The standard InChI is InChI=1S/C12H22N2O4S/c15-11(16)3-1-8-19(17,18)14-10-4-7-13-12(9-10)5-2-6-12/h10,13-14H,1-9H2,(H,15,16). The van der Waals surface area contributed by atoms with Gasteiger partial charge >= 0.3 is 5.97 Å². The van der Waals surface area contributed by atoms with Crippen LogP contribution in [0.4, 0.5) is 0 Å². The maximum atomic E-state index is 11.9. The number of piperidine rings is 1. The molecule has 1 aliphatic carbocycles. The minimum atomic E-state index is -3.35. The summed E-state index contributed by atoms with van der Waals surface area (Å²) in [6, 6.07) is -0.00335. The first-order valence-electron chi connectivity index (χ1n) is 6.88. The largest absolute Gasteiger partial charge is 0.481 e. The van der Waals surface area contributed by atoms with Crippen LogP contribution in [-0.4, -0.2) is 43.4 Å². The fourth-order valence-corrected chi connectivity index (χ4v) is 4.32. The molecule has 19 heavy (non-hydrogen) atoms. The zero-order valence-electron chi connectivity index (χ0n) is 11.0. The molecule has 0 aromatic heterocycles. The van der Waals surface area contributed by atoms with Crippen LogP contribution in [0.15, 0.2) is 0 Å². The highest BCUT2D eigenvalue weighted by Crippen LogP contribution is 2.38. The molecule has 7 heteroatoms. The Balaban J connectivity index is 1.80. The lowest BCUT2D eigenvalue weighted by Crippen LogP contribution is -2.59. The summed E-state index contributed by atoms with van der Waals surface area (Å²) in [7, 11) is -3.35. The molecule has 2 rings (SSSR count). The van der Waals surface area contributed by atoms with Gasteiger partial charge in [-0.15, -0.1) is 0 Å². The Morgan fingerprint density at radius 1 is 1.42 bits per heavy atom. The van der Waals surface area contributed by atoms with Crippen LogP contribution in [0.3, 0.4) is 0 Å². The molecule has 2 fully saturated rings. The quantitative estimate of drug-likeness (QED) is 0.660. The number of hydrogen-bond acceptors (Lipinski definition) is 4. The first kappa shape index (κ1) is 14.7. The topological polar surface area (TPSA) is 95.5 Å². The molecule has 0 bridgehead atoms. The molecule has 1 aliphatic heterocycles. The van der Waals surface area contributed by atoms with Gasteiger partial charge in [-0.25, -0.2) is 13.1 Å². The summed E-state index contributed by atoms with van der Waals surface area (Å²) in [5.74, 6) is -1.05. The Bertz CT molecular complexity index is 431. The van der Waals surface area contributed by atoms with Gasteiger partial charge in [0.15, 0.2) is 0 Å². The van der Waals surface area contributed by atoms with Crippen molar-refractivity contribution < 1.29 is 18.3 Å². The van der Waals surface area contributed by atoms with Crippen molar-refractivity contribution in [3.05, 3.63) is 0 Å². The maximum absolute atomic E-state index is 11.9. The van der Waals surface area contributed by atoms with E-state index in [1.807, 2.05) is 0 Å². The van der Waals surface area contributed by atoms with Gasteiger partial charge < -0.3 is 10.4 Å². The number of aliphatic carboxylic acids is 1. The molecular formula is C12H22N2O4S. The second-order valence-corrected chi connectivity index (χ2v) is 7.56. The number of sulfonamides is 1. The van der Waals surface area contributed by atoms with E-state index >= 15 is 0 Å². The summed E-state index contributed by atoms with van der Waals surface area (Å²) in [4.78, 5) is 10.4. The molecule has 110 valence electrons. The number of nitrogens with one attached hydrogen (secondary N) is 2. The van der Waals surface area contributed by atoms with Crippen LogP contribution in [0.1, 0.15) is 44.9 Å². The molecule has 0 amide bonds. The lowest BCUT2D eigenvalue weighted by Gasteiger charge is -2.48. The van der Waals surface area contributed by atoms with E-state index in [0.717, 1.165) is 32.2 Å². The maximum Gasteiger partial charge on any atom is 0.303 e. The molecule has 1 saturated carbocycles. The second kappa shape index (κ2) is 5.76. The third-order valence-electron chi connectivity index (χ3n) is 4.09. The van der Waals surface area contributed by atoms with Gasteiger partial charge in [0.05, 0.1) is 5.75 Å². The molecule has 1 spiro atoms. The van der Waals surface area contributed by atoms with E-state index in [1.165, 1.54) is 6.42 Å². The Hall–Kier alpha value is -0.660. The third-order valence-corrected chi connectivity index (χ3v) is 5.61. The zero-order chi connectivity index (χ0) is 13.9. The zero-order valence-corrected chi connectivity index (χ0v) is 11.8. The number of carbonyl (C=O) groups is 1. The third kappa shape index (κ3) is 4.15. The van der Waals surface area contributed by atoms with Crippen molar-refractivity contribution in [3.8, 4) is 0 Å². The van der Waals surface area contributed by atoms with E-state index in [4.69, 9.17) is 5.11 Å². The van der Waals surface area contributed by atoms with Crippen molar-refractivity contribution in [3.63, 3.8) is 0 Å². The van der Waals surface area contributed by atoms with E-state index in [1.54, 1.807) is 0 Å². The fourth-order valence-electron chi connectivity index (χ4n) is 2.97. The van der Waals surface area contributed by atoms with E-state index in [2.05, 4.69) is 10.0 Å².